The zero-order valence-corrected chi connectivity index (χ0v) is 11.0. The lowest BCUT2D eigenvalue weighted by atomic mass is 10.1. The van der Waals surface area contributed by atoms with Gasteiger partial charge in [-0.1, -0.05) is 60.7 Å². The van der Waals surface area contributed by atoms with Crippen LogP contribution in [0.5, 0.6) is 0 Å². The maximum absolute atomic E-state index is 4.29. The van der Waals surface area contributed by atoms with Crippen molar-refractivity contribution >= 4 is 11.4 Å². The van der Waals surface area contributed by atoms with Gasteiger partial charge in [0.05, 0.1) is 11.4 Å². The largest absolute Gasteiger partial charge is 0.151 e. The summed E-state index contributed by atoms with van der Waals surface area (Å²) in [5, 5.41) is 8.52. The molecule has 3 aromatic carbocycles. The molecule has 0 unspecified atom stereocenters. The van der Waals surface area contributed by atoms with Gasteiger partial charge < -0.3 is 0 Å². The van der Waals surface area contributed by atoms with Crippen LogP contribution in [0.15, 0.2) is 95.2 Å². The quantitative estimate of drug-likeness (QED) is 0.533. The second-order valence-electron chi connectivity index (χ2n) is 4.45. The lowest BCUT2D eigenvalue weighted by molar-refractivity contribution is 1.23. The van der Waals surface area contributed by atoms with Crippen LogP contribution >= 0.6 is 0 Å². The monoisotopic (exact) mass is 258 g/mol. The summed E-state index contributed by atoms with van der Waals surface area (Å²) in [5.74, 6) is 0. The minimum absolute atomic E-state index is 0.857. The number of benzene rings is 3. The molecule has 3 rings (SSSR count). The van der Waals surface area contributed by atoms with Crippen LogP contribution in [0.4, 0.5) is 11.4 Å². The highest BCUT2D eigenvalue weighted by molar-refractivity contribution is 5.66. The van der Waals surface area contributed by atoms with Crippen molar-refractivity contribution in [3.63, 3.8) is 0 Å². The first-order valence-electron chi connectivity index (χ1n) is 6.54. The summed E-state index contributed by atoms with van der Waals surface area (Å²) in [5.41, 5.74) is 4.05. The van der Waals surface area contributed by atoms with Crippen molar-refractivity contribution in [3.8, 4) is 11.1 Å². The number of azo groups is 1. The molecule has 2 heteroatoms. The Labute approximate surface area is 118 Å². The minimum atomic E-state index is 0.857. The van der Waals surface area contributed by atoms with Crippen molar-refractivity contribution in [2.45, 2.75) is 0 Å². The Hall–Kier alpha value is -2.74. The minimum Gasteiger partial charge on any atom is -0.151 e. The molecule has 0 amide bonds. The molecule has 20 heavy (non-hydrogen) atoms. The van der Waals surface area contributed by atoms with Crippen molar-refractivity contribution in [2.75, 3.05) is 0 Å². The third kappa shape index (κ3) is 2.98. The van der Waals surface area contributed by atoms with E-state index in [-0.39, 0.29) is 0 Å². The van der Waals surface area contributed by atoms with Crippen molar-refractivity contribution in [1.82, 2.24) is 0 Å². The van der Waals surface area contributed by atoms with E-state index < -0.39 is 0 Å². The van der Waals surface area contributed by atoms with E-state index in [0.29, 0.717) is 0 Å². The number of hydrogen-bond donors (Lipinski definition) is 0. The molecule has 0 N–H and O–H groups in total. The van der Waals surface area contributed by atoms with E-state index in [1.807, 2.05) is 66.7 Å². The zero-order valence-electron chi connectivity index (χ0n) is 11.0. The molecule has 0 aromatic heterocycles. The molecule has 0 spiro atoms. The molecule has 0 atom stereocenters. The Kier molecular flexibility index (Phi) is 3.65. The second kappa shape index (κ2) is 5.93. The van der Waals surface area contributed by atoms with Crippen LogP contribution in [0, 0.1) is 0 Å². The summed E-state index contributed by atoms with van der Waals surface area (Å²) < 4.78 is 0. The highest BCUT2D eigenvalue weighted by atomic mass is 15.1. The lowest BCUT2D eigenvalue weighted by Crippen LogP contribution is -1.75. The van der Waals surface area contributed by atoms with Gasteiger partial charge >= 0.3 is 0 Å². The first kappa shape index (κ1) is 12.3. The first-order valence-corrected chi connectivity index (χ1v) is 6.54. The zero-order chi connectivity index (χ0) is 13.6. The summed E-state index contributed by atoms with van der Waals surface area (Å²) in [6.07, 6.45) is 0. The molecule has 0 bridgehead atoms. The van der Waals surface area contributed by atoms with Crippen LogP contribution in [-0.2, 0) is 0 Å². The van der Waals surface area contributed by atoms with Crippen LogP contribution < -0.4 is 0 Å². The van der Waals surface area contributed by atoms with Gasteiger partial charge in [-0.25, -0.2) is 0 Å². The number of rotatable bonds is 3. The van der Waals surface area contributed by atoms with Gasteiger partial charge in [-0.2, -0.15) is 10.2 Å². The molecule has 0 saturated heterocycles. The van der Waals surface area contributed by atoms with Crippen molar-refractivity contribution in [1.29, 1.82) is 0 Å². The van der Waals surface area contributed by atoms with E-state index in [2.05, 4.69) is 28.4 Å². The molecule has 0 aliphatic rings. The van der Waals surface area contributed by atoms with Crippen molar-refractivity contribution in [3.05, 3.63) is 84.9 Å². The molecule has 0 aliphatic carbocycles. The Morgan fingerprint density at radius 1 is 0.450 bits per heavy atom. The Balaban J connectivity index is 1.87. The van der Waals surface area contributed by atoms with Gasteiger partial charge in [0.25, 0.3) is 0 Å². The third-order valence-corrected chi connectivity index (χ3v) is 2.99. The van der Waals surface area contributed by atoms with E-state index in [0.717, 1.165) is 16.9 Å². The highest BCUT2D eigenvalue weighted by Gasteiger charge is 1.97. The molecule has 0 heterocycles. The Bertz CT molecular complexity index is 704. The molecule has 96 valence electrons. The summed E-state index contributed by atoms with van der Waals surface area (Å²) in [4.78, 5) is 0. The van der Waals surface area contributed by atoms with Crippen LogP contribution in [-0.4, -0.2) is 0 Å². The second-order valence-corrected chi connectivity index (χ2v) is 4.45. The fourth-order valence-corrected chi connectivity index (χ4v) is 1.99. The topological polar surface area (TPSA) is 24.7 Å². The fourth-order valence-electron chi connectivity index (χ4n) is 1.99. The van der Waals surface area contributed by atoms with Gasteiger partial charge in [0.1, 0.15) is 0 Å². The van der Waals surface area contributed by atoms with Crippen LogP contribution in [0.3, 0.4) is 0 Å². The van der Waals surface area contributed by atoms with Gasteiger partial charge in [-0.3, -0.25) is 0 Å². The molecule has 2 nitrogen and oxygen atoms in total. The summed E-state index contributed by atoms with van der Waals surface area (Å²) >= 11 is 0. The fraction of sp³-hybridized carbons (Fsp3) is 0. The Morgan fingerprint density at radius 3 is 1.75 bits per heavy atom. The average Bonchev–Trinajstić information content (AvgIpc) is 2.55. The van der Waals surface area contributed by atoms with E-state index >= 15 is 0 Å². The lowest BCUT2D eigenvalue weighted by Gasteiger charge is -2.01. The molecular formula is C18H14N2. The van der Waals surface area contributed by atoms with Crippen molar-refractivity contribution < 1.29 is 0 Å². The van der Waals surface area contributed by atoms with E-state index in [1.54, 1.807) is 0 Å². The number of hydrogen-bond acceptors (Lipinski definition) is 2. The predicted molar refractivity (Wildman–Crippen MR) is 82.5 cm³/mol. The van der Waals surface area contributed by atoms with Gasteiger partial charge in [0.15, 0.2) is 0 Å². The van der Waals surface area contributed by atoms with Crippen LogP contribution in [0.25, 0.3) is 11.1 Å². The number of nitrogens with zero attached hydrogens (tertiary/aromatic N) is 2. The highest BCUT2D eigenvalue weighted by Crippen LogP contribution is 2.25. The molecule has 3 aromatic rings. The van der Waals surface area contributed by atoms with Gasteiger partial charge in [0, 0.05) is 0 Å². The SMILES string of the molecule is c1ccc(N=Nc2cccc(-c3ccccc3)c2)cc1. The molecule has 0 fully saturated rings. The summed E-state index contributed by atoms with van der Waals surface area (Å²) in [6.45, 7) is 0. The normalized spacial score (nSPS) is 10.8. The summed E-state index contributed by atoms with van der Waals surface area (Å²) in [7, 11) is 0. The van der Waals surface area contributed by atoms with Crippen molar-refractivity contribution in [2.24, 2.45) is 10.2 Å². The van der Waals surface area contributed by atoms with E-state index in [1.165, 1.54) is 5.56 Å². The van der Waals surface area contributed by atoms with Crippen LogP contribution in [0.1, 0.15) is 0 Å². The van der Waals surface area contributed by atoms with E-state index in [4.69, 9.17) is 0 Å². The van der Waals surface area contributed by atoms with E-state index in [9.17, 15) is 0 Å². The summed E-state index contributed by atoms with van der Waals surface area (Å²) in [6, 6.07) is 28.1. The van der Waals surface area contributed by atoms with Gasteiger partial charge in [-0.05, 0) is 35.4 Å². The Morgan fingerprint density at radius 2 is 1.00 bits per heavy atom. The van der Waals surface area contributed by atoms with Gasteiger partial charge in [0.2, 0.25) is 0 Å². The molecule has 0 saturated carbocycles. The standard InChI is InChI=1S/C18H14N2/c1-3-8-15(9-4-1)16-10-7-13-18(14-16)20-19-17-11-5-2-6-12-17/h1-14H. The van der Waals surface area contributed by atoms with Gasteiger partial charge in [-0.15, -0.1) is 0 Å². The maximum Gasteiger partial charge on any atom is 0.0863 e. The average molecular weight is 258 g/mol. The smallest absolute Gasteiger partial charge is 0.0863 e. The predicted octanol–water partition coefficient (Wildman–Crippen LogP) is 5.77. The molecular weight excluding hydrogens is 244 g/mol. The molecule has 0 aliphatic heterocycles. The maximum atomic E-state index is 4.29. The van der Waals surface area contributed by atoms with Crippen LogP contribution in [0.2, 0.25) is 0 Å². The first-order chi connectivity index (χ1) is 9.92. The third-order valence-electron chi connectivity index (χ3n) is 2.99. The molecule has 0 radical (unpaired) electrons.